The average molecular weight is 451 g/mol. The standard InChI is InChI=1S/C25H27FN4O3/c1-32-13-14-33-24-16-22(17-4-7-19(26)8-5-17)30-23-15-18(6-9-21(23)24)25(31)29-12-2-3-20(28)10-11-27/h4-11,15-16,28H,2-3,12-14,27H2,1H3,(H,29,31)/b11-10-,28-20?. The predicted molar refractivity (Wildman–Crippen MR) is 127 cm³/mol. The first-order chi connectivity index (χ1) is 16.0. The molecule has 0 aliphatic rings. The minimum absolute atomic E-state index is 0.228. The number of hydrogen-bond donors (Lipinski definition) is 3. The summed E-state index contributed by atoms with van der Waals surface area (Å²) in [6, 6.07) is 13.1. The van der Waals surface area contributed by atoms with Crippen LogP contribution in [-0.4, -0.2) is 43.5 Å². The number of hydrogen-bond acceptors (Lipinski definition) is 6. The van der Waals surface area contributed by atoms with Crippen LogP contribution in [0, 0.1) is 11.2 Å². The smallest absolute Gasteiger partial charge is 0.251 e. The summed E-state index contributed by atoms with van der Waals surface area (Å²) in [4.78, 5) is 17.3. The van der Waals surface area contributed by atoms with Gasteiger partial charge in [-0.15, -0.1) is 0 Å². The van der Waals surface area contributed by atoms with Crippen LogP contribution in [0.25, 0.3) is 22.2 Å². The van der Waals surface area contributed by atoms with Gasteiger partial charge < -0.3 is 25.9 Å². The summed E-state index contributed by atoms with van der Waals surface area (Å²) >= 11 is 0. The van der Waals surface area contributed by atoms with Crippen molar-refractivity contribution >= 4 is 22.5 Å². The Balaban J connectivity index is 1.84. The van der Waals surface area contributed by atoms with Crippen LogP contribution < -0.4 is 15.8 Å². The Labute approximate surface area is 191 Å². The summed E-state index contributed by atoms with van der Waals surface area (Å²) in [5.41, 5.74) is 8.08. The van der Waals surface area contributed by atoms with E-state index in [0.717, 1.165) is 10.9 Å². The molecule has 0 saturated carbocycles. The summed E-state index contributed by atoms with van der Waals surface area (Å²) < 4.78 is 24.3. The number of allylic oxidation sites excluding steroid dienone is 1. The average Bonchev–Trinajstić information content (AvgIpc) is 2.82. The normalized spacial score (nSPS) is 11.1. The second-order valence-corrected chi connectivity index (χ2v) is 7.33. The molecule has 0 bridgehead atoms. The van der Waals surface area contributed by atoms with Crippen molar-refractivity contribution in [1.82, 2.24) is 10.3 Å². The molecule has 4 N–H and O–H groups in total. The summed E-state index contributed by atoms with van der Waals surface area (Å²) in [5.74, 6) is 0.0488. The number of carbonyl (C=O) groups is 1. The molecule has 1 heterocycles. The fourth-order valence-corrected chi connectivity index (χ4v) is 3.24. The zero-order valence-electron chi connectivity index (χ0n) is 18.4. The number of benzene rings is 2. The Morgan fingerprint density at radius 2 is 1.97 bits per heavy atom. The monoisotopic (exact) mass is 450 g/mol. The zero-order valence-corrected chi connectivity index (χ0v) is 18.4. The van der Waals surface area contributed by atoms with Crippen molar-refractivity contribution in [3.8, 4) is 17.0 Å². The van der Waals surface area contributed by atoms with Gasteiger partial charge in [-0.3, -0.25) is 4.79 Å². The number of amides is 1. The SMILES string of the molecule is COCCOc1cc(-c2ccc(F)cc2)nc2cc(C(=O)NCCCC(=N)/C=C\N)ccc12. The maximum absolute atomic E-state index is 13.4. The number of aromatic nitrogens is 1. The molecule has 0 spiro atoms. The lowest BCUT2D eigenvalue weighted by molar-refractivity contribution is 0.0953. The zero-order chi connectivity index (χ0) is 23.6. The van der Waals surface area contributed by atoms with Crippen LogP contribution in [0.15, 0.2) is 60.8 Å². The lowest BCUT2D eigenvalue weighted by atomic mass is 10.1. The fraction of sp³-hybridized carbons (Fsp3) is 0.240. The molecule has 0 fully saturated rings. The van der Waals surface area contributed by atoms with Crippen molar-refractivity contribution in [2.24, 2.45) is 5.73 Å². The molecule has 8 heteroatoms. The third-order valence-corrected chi connectivity index (χ3v) is 4.92. The van der Waals surface area contributed by atoms with Crippen molar-refractivity contribution in [2.75, 3.05) is 26.9 Å². The number of methoxy groups -OCH3 is 1. The highest BCUT2D eigenvalue weighted by Gasteiger charge is 2.13. The van der Waals surface area contributed by atoms with E-state index in [1.807, 2.05) is 0 Å². The lowest BCUT2D eigenvalue weighted by Crippen LogP contribution is -2.24. The number of nitrogens with one attached hydrogen (secondary N) is 2. The summed E-state index contributed by atoms with van der Waals surface area (Å²) in [6.45, 7) is 1.22. The van der Waals surface area contributed by atoms with Crippen molar-refractivity contribution in [2.45, 2.75) is 12.8 Å². The Morgan fingerprint density at radius 3 is 2.70 bits per heavy atom. The van der Waals surface area contributed by atoms with E-state index in [4.69, 9.17) is 20.6 Å². The van der Waals surface area contributed by atoms with Crippen molar-refractivity contribution in [3.63, 3.8) is 0 Å². The molecule has 0 aliphatic heterocycles. The predicted octanol–water partition coefficient (Wildman–Crippen LogP) is 4.07. The van der Waals surface area contributed by atoms with Gasteiger partial charge in [0.2, 0.25) is 0 Å². The van der Waals surface area contributed by atoms with E-state index < -0.39 is 0 Å². The molecule has 7 nitrogen and oxygen atoms in total. The van der Waals surface area contributed by atoms with E-state index in [9.17, 15) is 9.18 Å². The van der Waals surface area contributed by atoms with Gasteiger partial charge in [0, 0.05) is 41.9 Å². The second-order valence-electron chi connectivity index (χ2n) is 7.33. The number of nitrogens with zero attached hydrogens (tertiary/aromatic N) is 1. The van der Waals surface area contributed by atoms with Crippen LogP contribution in [0.4, 0.5) is 4.39 Å². The lowest BCUT2D eigenvalue weighted by Gasteiger charge is -2.13. The molecule has 0 radical (unpaired) electrons. The molecule has 1 aromatic heterocycles. The van der Waals surface area contributed by atoms with Gasteiger partial charge in [0.1, 0.15) is 18.2 Å². The largest absolute Gasteiger partial charge is 0.490 e. The molecule has 0 aliphatic carbocycles. The Morgan fingerprint density at radius 1 is 1.18 bits per heavy atom. The molecular formula is C25H27FN4O3. The molecule has 0 saturated heterocycles. The van der Waals surface area contributed by atoms with Gasteiger partial charge in [0.15, 0.2) is 0 Å². The first kappa shape index (κ1) is 23.9. The first-order valence-corrected chi connectivity index (χ1v) is 10.6. The van der Waals surface area contributed by atoms with Gasteiger partial charge in [-0.05, 0) is 67.6 Å². The molecule has 172 valence electrons. The highest BCUT2D eigenvalue weighted by molar-refractivity contribution is 5.99. The molecule has 0 atom stereocenters. The van der Waals surface area contributed by atoms with Crippen LogP contribution >= 0.6 is 0 Å². The van der Waals surface area contributed by atoms with Crippen molar-refractivity contribution in [1.29, 1.82) is 5.41 Å². The van der Waals surface area contributed by atoms with E-state index in [-0.39, 0.29) is 11.7 Å². The van der Waals surface area contributed by atoms with E-state index in [1.54, 1.807) is 43.5 Å². The number of halogens is 1. The molecule has 3 aromatic rings. The number of fused-ring (bicyclic) bond motifs is 1. The molecule has 33 heavy (non-hydrogen) atoms. The molecular weight excluding hydrogens is 423 g/mol. The number of carbonyl (C=O) groups excluding carboxylic acids is 1. The van der Waals surface area contributed by atoms with Gasteiger partial charge in [-0.25, -0.2) is 9.37 Å². The van der Waals surface area contributed by atoms with Crippen LogP contribution in [0.3, 0.4) is 0 Å². The van der Waals surface area contributed by atoms with Gasteiger partial charge in [-0.1, -0.05) is 0 Å². The van der Waals surface area contributed by atoms with Gasteiger partial charge in [0.25, 0.3) is 5.91 Å². The molecule has 3 rings (SSSR count). The van der Waals surface area contributed by atoms with Gasteiger partial charge in [0.05, 0.1) is 17.8 Å². The second kappa shape index (κ2) is 11.7. The fourth-order valence-electron chi connectivity index (χ4n) is 3.24. The van der Waals surface area contributed by atoms with E-state index >= 15 is 0 Å². The maximum atomic E-state index is 13.4. The Kier molecular flexibility index (Phi) is 8.49. The highest BCUT2D eigenvalue weighted by atomic mass is 19.1. The number of ether oxygens (including phenoxy) is 2. The van der Waals surface area contributed by atoms with Gasteiger partial charge in [-0.2, -0.15) is 0 Å². The summed E-state index contributed by atoms with van der Waals surface area (Å²) in [5, 5.41) is 11.3. The van der Waals surface area contributed by atoms with Crippen LogP contribution in [-0.2, 0) is 4.74 Å². The maximum Gasteiger partial charge on any atom is 0.251 e. The topological polar surface area (TPSA) is 110 Å². The highest BCUT2D eigenvalue weighted by Crippen LogP contribution is 2.31. The summed E-state index contributed by atoms with van der Waals surface area (Å²) in [7, 11) is 1.60. The van der Waals surface area contributed by atoms with Crippen LogP contribution in [0.2, 0.25) is 0 Å². The van der Waals surface area contributed by atoms with Crippen molar-refractivity contribution < 1.29 is 18.7 Å². The Hall–Kier alpha value is -3.78. The number of rotatable bonds is 11. The van der Waals surface area contributed by atoms with E-state index in [1.165, 1.54) is 24.4 Å². The summed E-state index contributed by atoms with van der Waals surface area (Å²) in [6.07, 6.45) is 4.02. The first-order valence-electron chi connectivity index (χ1n) is 10.6. The van der Waals surface area contributed by atoms with Crippen LogP contribution in [0.5, 0.6) is 5.75 Å². The number of pyridine rings is 1. The number of nitrogens with two attached hydrogens (primary N) is 1. The minimum atomic E-state index is -0.329. The third kappa shape index (κ3) is 6.60. The van der Waals surface area contributed by atoms with Gasteiger partial charge >= 0.3 is 0 Å². The van der Waals surface area contributed by atoms with E-state index in [2.05, 4.69) is 10.3 Å². The van der Waals surface area contributed by atoms with Crippen LogP contribution in [0.1, 0.15) is 23.2 Å². The third-order valence-electron chi connectivity index (χ3n) is 4.92. The molecule has 1 amide bonds. The Bertz CT molecular complexity index is 1150. The van der Waals surface area contributed by atoms with E-state index in [0.29, 0.717) is 60.8 Å². The quantitative estimate of drug-likeness (QED) is 0.301. The molecule has 2 aromatic carbocycles. The van der Waals surface area contributed by atoms with Crippen molar-refractivity contribution in [3.05, 3.63) is 72.2 Å². The minimum Gasteiger partial charge on any atom is -0.490 e. The molecule has 0 unspecified atom stereocenters.